The second kappa shape index (κ2) is 11.4. The van der Waals surface area contributed by atoms with E-state index < -0.39 is 45.5 Å². The number of alkyl halides is 4. The zero-order valence-corrected chi connectivity index (χ0v) is 25.2. The summed E-state index contributed by atoms with van der Waals surface area (Å²) >= 11 is 5.96. The third-order valence-corrected chi connectivity index (χ3v) is 9.91. The molecule has 1 aromatic carbocycles. The molecule has 0 unspecified atom stereocenters. The summed E-state index contributed by atoms with van der Waals surface area (Å²) in [4.78, 5) is 17.2. The molecular weight excluding hydrogens is 607 g/mol. The Labute approximate surface area is 256 Å². The third-order valence-electron chi connectivity index (χ3n) is 9.61. The minimum atomic E-state index is -4.91. The first-order chi connectivity index (χ1) is 20.9. The number of nitrogens with two attached hydrogens (primary N) is 1. The average molecular weight is 641 g/mol. The van der Waals surface area contributed by atoms with Gasteiger partial charge in [-0.15, -0.1) is 0 Å². The molecule has 8 nitrogen and oxygen atoms in total. The number of hydrogen-bond acceptors (Lipinski definition) is 8. The molecule has 2 saturated heterocycles. The lowest BCUT2D eigenvalue weighted by Gasteiger charge is -2.49. The monoisotopic (exact) mass is 640 g/mol. The van der Waals surface area contributed by atoms with Crippen LogP contribution in [0.1, 0.15) is 50.5 Å². The molecule has 0 amide bonds. The van der Waals surface area contributed by atoms with Crippen LogP contribution in [0.25, 0.3) is 22.2 Å². The average Bonchev–Trinajstić information content (AvgIpc) is 3.45. The lowest BCUT2D eigenvalue weighted by atomic mass is 9.73. The van der Waals surface area contributed by atoms with E-state index in [9.17, 15) is 17.6 Å². The summed E-state index contributed by atoms with van der Waals surface area (Å²) in [6.07, 6.45) is 0.692. The molecule has 2 atom stereocenters. The first-order valence-corrected chi connectivity index (χ1v) is 15.0. The smallest absolute Gasteiger partial charge is 0.418 e. The van der Waals surface area contributed by atoms with Crippen LogP contribution in [0, 0.1) is 5.82 Å². The number of nitrogens with zero attached hydrogens (tertiary/aromatic N) is 5. The zero-order chi connectivity index (χ0) is 31.4. The summed E-state index contributed by atoms with van der Waals surface area (Å²) in [5.74, 6) is -0.766. The van der Waals surface area contributed by atoms with Crippen LogP contribution < -0.4 is 15.4 Å². The van der Waals surface area contributed by atoms with Crippen molar-refractivity contribution < 1.29 is 31.4 Å². The van der Waals surface area contributed by atoms with Crippen molar-refractivity contribution in [1.82, 2.24) is 19.9 Å². The van der Waals surface area contributed by atoms with E-state index in [1.807, 2.05) is 11.9 Å². The Morgan fingerprint density at radius 3 is 2.64 bits per heavy atom. The number of aromatic nitrogens is 3. The molecule has 1 aliphatic carbocycles. The van der Waals surface area contributed by atoms with Gasteiger partial charge in [0.2, 0.25) is 0 Å². The van der Waals surface area contributed by atoms with Crippen LogP contribution in [-0.4, -0.2) is 77.6 Å². The number of hydrogen-bond donors (Lipinski definition) is 1. The number of ether oxygens (including phenoxy) is 2. The quantitative estimate of drug-likeness (QED) is 0.211. The summed E-state index contributed by atoms with van der Waals surface area (Å²) in [5, 5.41) is -0.465. The summed E-state index contributed by atoms with van der Waals surface area (Å²) in [7, 11) is 3.46. The fourth-order valence-corrected chi connectivity index (χ4v) is 7.47. The number of benzene rings is 1. The molecule has 0 bridgehead atoms. The Morgan fingerprint density at radius 2 is 1.95 bits per heavy atom. The van der Waals surface area contributed by atoms with Gasteiger partial charge in [-0.25, -0.2) is 8.78 Å². The van der Waals surface area contributed by atoms with E-state index in [2.05, 4.69) is 19.9 Å². The van der Waals surface area contributed by atoms with Crippen LogP contribution in [0.2, 0.25) is 5.02 Å². The largest absolute Gasteiger partial charge is 0.461 e. The van der Waals surface area contributed by atoms with E-state index in [0.717, 1.165) is 50.8 Å². The molecule has 1 saturated carbocycles. The van der Waals surface area contributed by atoms with Gasteiger partial charge in [-0.3, -0.25) is 9.88 Å². The number of fused-ring (bicyclic) bond motifs is 2. The Morgan fingerprint density at radius 1 is 1.18 bits per heavy atom. The van der Waals surface area contributed by atoms with E-state index >= 15 is 4.39 Å². The number of halogens is 6. The van der Waals surface area contributed by atoms with Gasteiger partial charge in [0.25, 0.3) is 0 Å². The number of methoxy groups -OCH3 is 1. The molecular formula is C30H34ClF5N6O2. The number of nitrogen functional groups attached to an aromatic ring is 1. The number of pyridine rings is 1. The topological polar surface area (TPSA) is 89.6 Å². The number of anilines is 2. The van der Waals surface area contributed by atoms with E-state index in [0.29, 0.717) is 31.8 Å². The van der Waals surface area contributed by atoms with Gasteiger partial charge >= 0.3 is 12.2 Å². The predicted molar refractivity (Wildman–Crippen MR) is 157 cm³/mol. The highest BCUT2D eigenvalue weighted by Crippen LogP contribution is 2.46. The van der Waals surface area contributed by atoms with Crippen LogP contribution in [0.4, 0.5) is 33.5 Å². The Bertz CT molecular complexity index is 1570. The summed E-state index contributed by atoms with van der Waals surface area (Å²) in [6, 6.07) is 1.80. The second-order valence-corrected chi connectivity index (χ2v) is 12.6. The SMILES string of the molecule is COCCC1(N(C)c2nc(OC[C@@]34CCCN3C[C@H](F)C4)nc3c(F)c(-c4cc(N)cc(Cl)c4C(F)(F)F)ncc23)CCC1. The van der Waals surface area contributed by atoms with Gasteiger partial charge in [-0.1, -0.05) is 11.6 Å². The first-order valence-electron chi connectivity index (χ1n) is 14.6. The lowest BCUT2D eigenvalue weighted by Crippen LogP contribution is -2.53. The predicted octanol–water partition coefficient (Wildman–Crippen LogP) is 6.44. The summed E-state index contributed by atoms with van der Waals surface area (Å²) in [6.45, 7) is 1.67. The molecule has 238 valence electrons. The Kier molecular flexibility index (Phi) is 8.02. The minimum Gasteiger partial charge on any atom is -0.461 e. The highest BCUT2D eigenvalue weighted by atomic mass is 35.5. The van der Waals surface area contributed by atoms with Crippen LogP contribution >= 0.6 is 11.6 Å². The third kappa shape index (κ3) is 5.30. The fraction of sp³-hybridized carbons (Fsp3) is 0.567. The van der Waals surface area contributed by atoms with Crippen molar-refractivity contribution in [2.24, 2.45) is 0 Å². The lowest BCUT2D eigenvalue weighted by molar-refractivity contribution is -0.137. The van der Waals surface area contributed by atoms with E-state index in [1.165, 1.54) is 6.20 Å². The Balaban J connectivity index is 1.49. The van der Waals surface area contributed by atoms with E-state index in [4.69, 9.17) is 26.8 Å². The zero-order valence-electron chi connectivity index (χ0n) is 24.5. The van der Waals surface area contributed by atoms with Gasteiger partial charge < -0.3 is 20.1 Å². The standard InChI is InChI=1S/C30H34ClF5N6O2/c1-41(28(5-3-6-28)8-10-43-2)26-20-14-38-24(19-11-18(37)12-21(31)22(19)30(34,35)36)23(33)25(20)39-27(40-26)44-16-29-7-4-9-42(29)15-17(32)13-29/h11-12,14,17H,3-10,13,15-16,37H2,1-2H3/t17-,29+/m1/s1. The van der Waals surface area contributed by atoms with Crippen LogP contribution in [0.15, 0.2) is 18.3 Å². The molecule has 14 heteroatoms. The second-order valence-electron chi connectivity index (χ2n) is 12.2. The van der Waals surface area contributed by atoms with Crippen molar-refractivity contribution in [2.75, 3.05) is 51.1 Å². The highest BCUT2D eigenvalue weighted by Gasteiger charge is 2.49. The van der Waals surface area contributed by atoms with E-state index in [-0.39, 0.29) is 34.7 Å². The maximum absolute atomic E-state index is 16.5. The van der Waals surface area contributed by atoms with Crippen molar-refractivity contribution in [3.63, 3.8) is 0 Å². The van der Waals surface area contributed by atoms with Gasteiger partial charge in [0.1, 0.15) is 29.8 Å². The molecule has 2 aliphatic heterocycles. The van der Waals surface area contributed by atoms with Crippen molar-refractivity contribution >= 4 is 34.0 Å². The molecule has 4 heterocycles. The van der Waals surface area contributed by atoms with Gasteiger partial charge in [-0.05, 0) is 57.2 Å². The molecule has 2 N–H and O–H groups in total. The number of rotatable bonds is 9. The molecule has 3 aliphatic rings. The van der Waals surface area contributed by atoms with Crippen molar-refractivity contribution in [3.8, 4) is 17.3 Å². The molecule has 2 aromatic heterocycles. The van der Waals surface area contributed by atoms with E-state index in [1.54, 1.807) is 7.11 Å². The molecule has 0 spiro atoms. The van der Waals surface area contributed by atoms with Crippen LogP contribution in [0.3, 0.4) is 0 Å². The molecule has 0 radical (unpaired) electrons. The molecule has 6 rings (SSSR count). The fourth-order valence-electron chi connectivity index (χ4n) is 7.13. The molecule has 3 aromatic rings. The maximum atomic E-state index is 16.5. The Hall–Kier alpha value is -3.03. The van der Waals surface area contributed by atoms with Crippen molar-refractivity contribution in [2.45, 2.75) is 68.4 Å². The van der Waals surface area contributed by atoms with Gasteiger partial charge in [0, 0.05) is 56.7 Å². The van der Waals surface area contributed by atoms with Crippen molar-refractivity contribution in [1.29, 1.82) is 0 Å². The minimum absolute atomic E-state index is 0.0837. The summed E-state index contributed by atoms with van der Waals surface area (Å²) < 4.78 is 84.6. The maximum Gasteiger partial charge on any atom is 0.418 e. The van der Waals surface area contributed by atoms with Gasteiger partial charge in [0.15, 0.2) is 5.82 Å². The van der Waals surface area contributed by atoms with Crippen LogP contribution in [0.5, 0.6) is 6.01 Å². The normalized spacial score (nSPS) is 23.1. The van der Waals surface area contributed by atoms with Crippen molar-refractivity contribution in [3.05, 3.63) is 34.7 Å². The van der Waals surface area contributed by atoms with Crippen LogP contribution in [-0.2, 0) is 10.9 Å². The van der Waals surface area contributed by atoms with Gasteiger partial charge in [0.05, 0.1) is 21.5 Å². The molecule has 3 fully saturated rings. The molecule has 44 heavy (non-hydrogen) atoms. The highest BCUT2D eigenvalue weighted by molar-refractivity contribution is 6.32. The first kappa shape index (κ1) is 31.0. The van der Waals surface area contributed by atoms with Gasteiger partial charge in [-0.2, -0.15) is 23.1 Å². The summed E-state index contributed by atoms with van der Waals surface area (Å²) in [5.41, 5.74) is 2.18.